The highest BCUT2D eigenvalue weighted by molar-refractivity contribution is 7.80. The van der Waals surface area contributed by atoms with Gasteiger partial charge in [0.15, 0.2) is 0 Å². The molecular weight excluding hydrogens is 174 g/mol. The molecule has 1 aromatic heterocycles. The van der Waals surface area contributed by atoms with Gasteiger partial charge in [0.1, 0.15) is 0 Å². The molecule has 1 unspecified atom stereocenters. The van der Waals surface area contributed by atoms with E-state index in [4.69, 9.17) is 17.3 Å². The minimum atomic E-state index is -0.192. The maximum Gasteiger partial charge on any atom is 0.0932 e. The summed E-state index contributed by atoms with van der Waals surface area (Å²) in [6.45, 7) is 0. The maximum absolute atomic E-state index is 5.63. The SMILES string of the molecule is NC(S)c1ccc(Cl)s1. The molecule has 0 fully saturated rings. The monoisotopic (exact) mass is 179 g/mol. The third-order valence-electron chi connectivity index (χ3n) is 0.885. The number of rotatable bonds is 1. The lowest BCUT2D eigenvalue weighted by Crippen LogP contribution is -1.98. The van der Waals surface area contributed by atoms with E-state index < -0.39 is 0 Å². The zero-order valence-corrected chi connectivity index (χ0v) is 7.01. The second-order valence-corrected chi connectivity index (χ2v) is 3.89. The van der Waals surface area contributed by atoms with Gasteiger partial charge in [-0.2, -0.15) is 12.6 Å². The molecule has 0 aliphatic heterocycles. The van der Waals surface area contributed by atoms with Gasteiger partial charge in [-0.15, -0.1) is 11.3 Å². The number of nitrogens with two attached hydrogens (primary N) is 1. The predicted molar refractivity (Wildman–Crippen MR) is 45.2 cm³/mol. The van der Waals surface area contributed by atoms with Crippen LogP contribution in [0.1, 0.15) is 10.3 Å². The molecule has 4 heteroatoms. The highest BCUT2D eigenvalue weighted by Crippen LogP contribution is 2.26. The Bertz CT molecular complexity index is 197. The summed E-state index contributed by atoms with van der Waals surface area (Å²) in [5.74, 6) is 0. The first-order chi connectivity index (χ1) is 4.20. The van der Waals surface area contributed by atoms with Gasteiger partial charge < -0.3 is 5.73 Å². The summed E-state index contributed by atoms with van der Waals surface area (Å²) in [7, 11) is 0. The van der Waals surface area contributed by atoms with E-state index >= 15 is 0 Å². The topological polar surface area (TPSA) is 26.0 Å². The van der Waals surface area contributed by atoms with Crippen LogP contribution in [0.4, 0.5) is 0 Å². The fraction of sp³-hybridized carbons (Fsp3) is 0.200. The Morgan fingerprint density at radius 3 is 2.56 bits per heavy atom. The molecule has 0 saturated heterocycles. The molecule has 0 saturated carbocycles. The van der Waals surface area contributed by atoms with E-state index in [0.717, 1.165) is 9.21 Å². The molecule has 0 radical (unpaired) electrons. The number of hydrogen-bond donors (Lipinski definition) is 2. The van der Waals surface area contributed by atoms with E-state index in [2.05, 4.69) is 12.6 Å². The summed E-state index contributed by atoms with van der Waals surface area (Å²) in [6, 6.07) is 3.70. The van der Waals surface area contributed by atoms with Crippen LogP contribution < -0.4 is 5.73 Å². The standard InChI is InChI=1S/C5H6ClNS2/c6-4-2-1-3(9-4)5(7)8/h1-2,5,8H,7H2. The Morgan fingerprint density at radius 1 is 1.67 bits per heavy atom. The summed E-state index contributed by atoms with van der Waals surface area (Å²) in [5, 5.41) is -0.192. The molecule has 2 N–H and O–H groups in total. The van der Waals surface area contributed by atoms with Crippen molar-refractivity contribution in [3.8, 4) is 0 Å². The average molecular weight is 180 g/mol. The zero-order chi connectivity index (χ0) is 6.85. The van der Waals surface area contributed by atoms with Crippen LogP contribution >= 0.6 is 35.6 Å². The van der Waals surface area contributed by atoms with Crippen molar-refractivity contribution < 1.29 is 0 Å². The van der Waals surface area contributed by atoms with Crippen LogP contribution in [0.2, 0.25) is 4.34 Å². The van der Waals surface area contributed by atoms with Crippen LogP contribution in [0, 0.1) is 0 Å². The molecule has 0 spiro atoms. The third kappa shape index (κ3) is 1.86. The first kappa shape index (κ1) is 7.41. The molecule has 9 heavy (non-hydrogen) atoms. The Hall–Kier alpha value is 0.300. The van der Waals surface area contributed by atoms with Crippen LogP contribution in [0.5, 0.6) is 0 Å². The van der Waals surface area contributed by atoms with E-state index in [1.807, 2.05) is 12.1 Å². The third-order valence-corrected chi connectivity index (χ3v) is 2.65. The summed E-state index contributed by atoms with van der Waals surface area (Å²) in [5.41, 5.74) is 5.44. The zero-order valence-electron chi connectivity index (χ0n) is 4.54. The van der Waals surface area contributed by atoms with Gasteiger partial charge in [0.2, 0.25) is 0 Å². The maximum atomic E-state index is 5.63. The Morgan fingerprint density at radius 2 is 2.33 bits per heavy atom. The number of hydrogen-bond acceptors (Lipinski definition) is 3. The van der Waals surface area contributed by atoms with Gasteiger partial charge in [-0.25, -0.2) is 0 Å². The molecule has 1 heterocycles. The second kappa shape index (κ2) is 2.92. The van der Waals surface area contributed by atoms with E-state index in [1.165, 1.54) is 11.3 Å². The molecule has 1 rings (SSSR count). The molecule has 1 aromatic rings. The largest absolute Gasteiger partial charge is 0.315 e. The highest BCUT2D eigenvalue weighted by Gasteiger charge is 2.01. The summed E-state index contributed by atoms with van der Waals surface area (Å²) < 4.78 is 0.759. The van der Waals surface area contributed by atoms with Crippen LogP contribution in [0.3, 0.4) is 0 Å². The summed E-state index contributed by atoms with van der Waals surface area (Å²) in [6.07, 6.45) is 0. The van der Waals surface area contributed by atoms with Gasteiger partial charge in [0.25, 0.3) is 0 Å². The first-order valence-corrected chi connectivity index (χ1v) is 4.10. The summed E-state index contributed by atoms with van der Waals surface area (Å²) in [4.78, 5) is 1.00. The molecule has 0 bridgehead atoms. The number of thiophene rings is 1. The summed E-state index contributed by atoms with van der Waals surface area (Å²) >= 11 is 11.1. The Labute approximate surface area is 68.2 Å². The van der Waals surface area contributed by atoms with Crippen LogP contribution in [0.25, 0.3) is 0 Å². The normalized spacial score (nSPS) is 13.7. The van der Waals surface area contributed by atoms with E-state index in [-0.39, 0.29) is 5.37 Å². The van der Waals surface area contributed by atoms with Crippen LogP contribution in [0.15, 0.2) is 12.1 Å². The lowest BCUT2D eigenvalue weighted by molar-refractivity contribution is 1.08. The molecule has 0 aliphatic rings. The van der Waals surface area contributed by atoms with E-state index in [9.17, 15) is 0 Å². The quantitative estimate of drug-likeness (QED) is 0.502. The van der Waals surface area contributed by atoms with Crippen molar-refractivity contribution in [2.75, 3.05) is 0 Å². The molecule has 1 nitrogen and oxygen atoms in total. The predicted octanol–water partition coefficient (Wildman–Crippen LogP) is 2.29. The van der Waals surface area contributed by atoms with Gasteiger partial charge in [-0.1, -0.05) is 11.6 Å². The van der Waals surface area contributed by atoms with Gasteiger partial charge in [0.05, 0.1) is 9.71 Å². The first-order valence-electron chi connectivity index (χ1n) is 2.39. The molecule has 50 valence electrons. The Balaban J connectivity index is 2.85. The molecule has 0 aromatic carbocycles. The van der Waals surface area contributed by atoms with Crippen molar-refractivity contribution >= 4 is 35.6 Å². The van der Waals surface area contributed by atoms with Crippen molar-refractivity contribution in [2.24, 2.45) is 5.73 Å². The van der Waals surface area contributed by atoms with Crippen molar-refractivity contribution in [3.05, 3.63) is 21.3 Å². The molecule has 0 amide bonds. The lowest BCUT2D eigenvalue weighted by atomic mass is 10.5. The fourth-order valence-corrected chi connectivity index (χ4v) is 1.68. The van der Waals surface area contributed by atoms with Crippen molar-refractivity contribution in [2.45, 2.75) is 5.37 Å². The van der Waals surface area contributed by atoms with Crippen molar-refractivity contribution in [1.29, 1.82) is 0 Å². The van der Waals surface area contributed by atoms with Gasteiger partial charge >= 0.3 is 0 Å². The van der Waals surface area contributed by atoms with Gasteiger partial charge in [-0.3, -0.25) is 0 Å². The molecule has 1 atom stereocenters. The number of thiol groups is 1. The minimum absolute atomic E-state index is 0.192. The van der Waals surface area contributed by atoms with Crippen molar-refractivity contribution in [1.82, 2.24) is 0 Å². The Kier molecular flexibility index (Phi) is 2.41. The number of halogens is 1. The molecular formula is C5H6ClNS2. The van der Waals surface area contributed by atoms with Gasteiger partial charge in [-0.05, 0) is 12.1 Å². The van der Waals surface area contributed by atoms with E-state index in [1.54, 1.807) is 0 Å². The minimum Gasteiger partial charge on any atom is -0.315 e. The van der Waals surface area contributed by atoms with Gasteiger partial charge in [0, 0.05) is 4.88 Å². The lowest BCUT2D eigenvalue weighted by Gasteiger charge is -1.95. The van der Waals surface area contributed by atoms with Crippen LogP contribution in [-0.4, -0.2) is 0 Å². The smallest absolute Gasteiger partial charge is 0.0932 e. The highest BCUT2D eigenvalue weighted by atomic mass is 35.5. The second-order valence-electron chi connectivity index (χ2n) is 1.59. The molecule has 0 aliphatic carbocycles. The van der Waals surface area contributed by atoms with Crippen molar-refractivity contribution in [3.63, 3.8) is 0 Å². The fourth-order valence-electron chi connectivity index (χ4n) is 0.487. The van der Waals surface area contributed by atoms with E-state index in [0.29, 0.717) is 0 Å². The van der Waals surface area contributed by atoms with Crippen LogP contribution in [-0.2, 0) is 0 Å². The average Bonchev–Trinajstić information content (AvgIpc) is 2.14.